The van der Waals surface area contributed by atoms with E-state index in [9.17, 15) is 0 Å². The number of hydrogen-bond donors (Lipinski definition) is 1. The van der Waals surface area contributed by atoms with E-state index in [4.69, 9.17) is 5.73 Å². The van der Waals surface area contributed by atoms with Crippen LogP contribution in [-0.2, 0) is 0 Å². The fourth-order valence-corrected chi connectivity index (χ4v) is 2.97. The summed E-state index contributed by atoms with van der Waals surface area (Å²) in [6.07, 6.45) is 2.77. The predicted molar refractivity (Wildman–Crippen MR) is 85.2 cm³/mol. The number of nitrogens with two attached hydrogens (primary N) is 1. The summed E-state index contributed by atoms with van der Waals surface area (Å²) in [7, 11) is 0. The molecular weight excluding hydrogens is 300 g/mol. The first-order valence-corrected chi connectivity index (χ1v) is 8.04. The van der Waals surface area contributed by atoms with Gasteiger partial charge in [0, 0.05) is 29.6 Å². The molecule has 2 N–H and O–H groups in total. The van der Waals surface area contributed by atoms with Gasteiger partial charge in [-0.05, 0) is 56.7 Å². The summed E-state index contributed by atoms with van der Waals surface area (Å²) in [5.41, 5.74) is 8.67. The summed E-state index contributed by atoms with van der Waals surface area (Å²) in [4.78, 5) is 2.56. The molecule has 106 valence electrons. The smallest absolute Gasteiger partial charge is 0.0473 e. The van der Waals surface area contributed by atoms with Crippen molar-refractivity contribution in [3.05, 3.63) is 33.8 Å². The molecule has 0 bridgehead atoms. The Morgan fingerprint density at radius 3 is 2.53 bits per heavy atom. The van der Waals surface area contributed by atoms with E-state index in [1.807, 2.05) is 0 Å². The first-order valence-electron chi connectivity index (χ1n) is 7.24. The van der Waals surface area contributed by atoms with Gasteiger partial charge in [0.1, 0.15) is 0 Å². The number of rotatable bonds is 6. The molecule has 1 fully saturated rings. The monoisotopic (exact) mass is 324 g/mol. The van der Waals surface area contributed by atoms with Gasteiger partial charge in [-0.15, -0.1) is 0 Å². The summed E-state index contributed by atoms with van der Waals surface area (Å²) in [5, 5.41) is 0. The summed E-state index contributed by atoms with van der Waals surface area (Å²) < 4.78 is 1.18. The average molecular weight is 325 g/mol. The molecule has 1 atom stereocenters. The molecule has 19 heavy (non-hydrogen) atoms. The minimum absolute atomic E-state index is 0.331. The molecule has 1 saturated carbocycles. The van der Waals surface area contributed by atoms with Crippen molar-refractivity contribution in [2.24, 2.45) is 11.7 Å². The second-order valence-corrected chi connectivity index (χ2v) is 6.85. The number of aryl methyl sites for hydroxylation is 1. The molecule has 0 radical (unpaired) electrons. The van der Waals surface area contributed by atoms with Crippen LogP contribution in [0.15, 0.2) is 22.7 Å². The molecule has 1 unspecified atom stereocenters. The fraction of sp³-hybridized carbons (Fsp3) is 0.625. The third-order valence-corrected chi connectivity index (χ3v) is 4.89. The first-order chi connectivity index (χ1) is 9.02. The van der Waals surface area contributed by atoms with E-state index in [1.165, 1.54) is 35.0 Å². The molecule has 0 aliphatic heterocycles. The van der Waals surface area contributed by atoms with Crippen LogP contribution >= 0.6 is 15.9 Å². The van der Waals surface area contributed by atoms with Crippen LogP contribution in [0.1, 0.15) is 43.9 Å². The zero-order valence-corrected chi connectivity index (χ0v) is 13.8. The number of benzene rings is 1. The Bertz CT molecular complexity index is 427. The summed E-state index contributed by atoms with van der Waals surface area (Å²) in [6, 6.07) is 7.50. The maximum atomic E-state index is 6.07. The van der Waals surface area contributed by atoms with E-state index >= 15 is 0 Å². The Hall–Kier alpha value is -0.380. The van der Waals surface area contributed by atoms with Crippen LogP contribution in [0.5, 0.6) is 0 Å². The van der Waals surface area contributed by atoms with Crippen LogP contribution in [0.4, 0.5) is 0 Å². The molecule has 0 heterocycles. The summed E-state index contributed by atoms with van der Waals surface area (Å²) >= 11 is 3.63. The Balaban J connectivity index is 2.21. The zero-order valence-electron chi connectivity index (χ0n) is 12.2. The molecule has 3 heteroatoms. The highest BCUT2D eigenvalue weighted by Gasteiger charge is 2.29. The predicted octanol–water partition coefficient (Wildman–Crippen LogP) is 3.88. The molecule has 0 spiro atoms. The van der Waals surface area contributed by atoms with Crippen molar-refractivity contribution in [2.45, 2.75) is 45.7 Å². The minimum atomic E-state index is 0.331. The molecule has 0 aromatic heterocycles. The third kappa shape index (κ3) is 3.80. The van der Waals surface area contributed by atoms with Gasteiger partial charge in [-0.1, -0.05) is 28.1 Å². The van der Waals surface area contributed by atoms with Crippen LogP contribution in [0.2, 0.25) is 0 Å². The van der Waals surface area contributed by atoms with Gasteiger partial charge in [-0.3, -0.25) is 4.90 Å². The van der Waals surface area contributed by atoms with Crippen molar-refractivity contribution in [1.29, 1.82) is 0 Å². The van der Waals surface area contributed by atoms with Gasteiger partial charge in [0.25, 0.3) is 0 Å². The van der Waals surface area contributed by atoms with Gasteiger partial charge in [0.2, 0.25) is 0 Å². The van der Waals surface area contributed by atoms with Crippen molar-refractivity contribution >= 4 is 15.9 Å². The van der Waals surface area contributed by atoms with Crippen molar-refractivity contribution < 1.29 is 0 Å². The lowest BCUT2D eigenvalue weighted by Gasteiger charge is -2.35. The van der Waals surface area contributed by atoms with Crippen molar-refractivity contribution in [3.8, 4) is 0 Å². The zero-order chi connectivity index (χ0) is 14.0. The Morgan fingerprint density at radius 2 is 2.05 bits per heavy atom. The second kappa shape index (κ2) is 6.38. The average Bonchev–Trinajstić information content (AvgIpc) is 3.17. The maximum absolute atomic E-state index is 6.07. The minimum Gasteiger partial charge on any atom is -0.329 e. The van der Waals surface area contributed by atoms with Gasteiger partial charge in [-0.2, -0.15) is 0 Å². The molecule has 1 aliphatic carbocycles. The lowest BCUT2D eigenvalue weighted by molar-refractivity contribution is 0.149. The van der Waals surface area contributed by atoms with E-state index in [-0.39, 0.29) is 0 Å². The van der Waals surface area contributed by atoms with Gasteiger partial charge < -0.3 is 5.73 Å². The number of halogens is 1. The van der Waals surface area contributed by atoms with Crippen LogP contribution in [0.3, 0.4) is 0 Å². The normalized spacial score (nSPS) is 17.2. The SMILES string of the molecule is Cc1ccc(C(CN)N(CC2CC2)C(C)C)cc1Br. The Labute approximate surface area is 125 Å². The van der Waals surface area contributed by atoms with E-state index in [0.717, 1.165) is 5.92 Å². The van der Waals surface area contributed by atoms with E-state index in [0.29, 0.717) is 18.6 Å². The maximum Gasteiger partial charge on any atom is 0.0473 e. The van der Waals surface area contributed by atoms with Gasteiger partial charge in [-0.25, -0.2) is 0 Å². The summed E-state index contributed by atoms with van der Waals surface area (Å²) in [5.74, 6) is 0.894. The standard InChI is InChI=1S/C16H25BrN2/c1-11(2)19(10-13-5-6-13)16(9-18)14-7-4-12(3)15(17)8-14/h4,7-8,11,13,16H,5-6,9-10,18H2,1-3H3. The van der Waals surface area contributed by atoms with E-state index in [1.54, 1.807) is 0 Å². The Kier molecular flexibility index (Phi) is 5.04. The molecule has 0 amide bonds. The number of hydrogen-bond acceptors (Lipinski definition) is 2. The molecule has 2 nitrogen and oxygen atoms in total. The van der Waals surface area contributed by atoms with Crippen molar-refractivity contribution in [1.82, 2.24) is 4.90 Å². The highest BCUT2D eigenvalue weighted by molar-refractivity contribution is 9.10. The lowest BCUT2D eigenvalue weighted by Crippen LogP contribution is -2.40. The van der Waals surface area contributed by atoms with Crippen LogP contribution in [-0.4, -0.2) is 24.0 Å². The van der Waals surface area contributed by atoms with E-state index in [2.05, 4.69) is 59.8 Å². The van der Waals surface area contributed by atoms with Gasteiger partial charge in [0.05, 0.1) is 0 Å². The molecule has 1 aromatic carbocycles. The number of nitrogens with zero attached hydrogens (tertiary/aromatic N) is 1. The quantitative estimate of drug-likeness (QED) is 0.860. The van der Waals surface area contributed by atoms with Gasteiger partial charge >= 0.3 is 0 Å². The molecule has 1 aliphatic rings. The summed E-state index contributed by atoms with van der Waals surface area (Å²) in [6.45, 7) is 8.53. The second-order valence-electron chi connectivity index (χ2n) is 5.99. The molecule has 1 aromatic rings. The van der Waals surface area contributed by atoms with Crippen LogP contribution in [0.25, 0.3) is 0 Å². The molecule has 2 rings (SSSR count). The Morgan fingerprint density at radius 1 is 1.37 bits per heavy atom. The largest absolute Gasteiger partial charge is 0.329 e. The fourth-order valence-electron chi connectivity index (χ4n) is 2.58. The van der Waals surface area contributed by atoms with Gasteiger partial charge in [0.15, 0.2) is 0 Å². The van der Waals surface area contributed by atoms with Crippen LogP contribution < -0.4 is 5.73 Å². The molecular formula is C16H25BrN2. The lowest BCUT2D eigenvalue weighted by atomic mass is 10.0. The van der Waals surface area contributed by atoms with E-state index < -0.39 is 0 Å². The first kappa shape index (κ1) is 15.0. The topological polar surface area (TPSA) is 29.3 Å². The highest BCUT2D eigenvalue weighted by atomic mass is 79.9. The van der Waals surface area contributed by atoms with Crippen molar-refractivity contribution in [2.75, 3.05) is 13.1 Å². The van der Waals surface area contributed by atoms with Crippen molar-refractivity contribution in [3.63, 3.8) is 0 Å². The third-order valence-electron chi connectivity index (χ3n) is 4.03. The van der Waals surface area contributed by atoms with Crippen LogP contribution in [0, 0.1) is 12.8 Å². The molecule has 0 saturated heterocycles. The highest BCUT2D eigenvalue weighted by Crippen LogP contribution is 2.34.